The molecule has 1 aromatic carbocycles. The number of piperidine rings is 1. The molecular formula is C19H25N3O2. The summed E-state index contributed by atoms with van der Waals surface area (Å²) < 4.78 is 7.74. The topological polar surface area (TPSA) is 50.5 Å². The van der Waals surface area contributed by atoms with Gasteiger partial charge in [0.1, 0.15) is 5.75 Å². The largest absolute Gasteiger partial charge is 0.493 e. The summed E-state index contributed by atoms with van der Waals surface area (Å²) in [4.78, 5) is 2.55. The number of nitrogens with zero attached hydrogens (tertiary/aromatic N) is 3. The molecule has 0 spiro atoms. The molecule has 5 heteroatoms. The van der Waals surface area contributed by atoms with Gasteiger partial charge in [0, 0.05) is 37.3 Å². The Morgan fingerprint density at radius 1 is 1.33 bits per heavy atom. The van der Waals surface area contributed by atoms with Gasteiger partial charge in [-0.1, -0.05) is 12.1 Å². The van der Waals surface area contributed by atoms with E-state index in [4.69, 9.17) is 4.74 Å². The molecule has 128 valence electrons. The van der Waals surface area contributed by atoms with Gasteiger partial charge in [-0.05, 0) is 37.0 Å². The van der Waals surface area contributed by atoms with E-state index < -0.39 is 0 Å². The highest BCUT2D eigenvalue weighted by molar-refractivity contribution is 5.41. The Kier molecular flexibility index (Phi) is 4.29. The fourth-order valence-electron chi connectivity index (χ4n) is 3.85. The van der Waals surface area contributed by atoms with E-state index in [-0.39, 0.29) is 6.61 Å². The smallest absolute Gasteiger partial charge is 0.122 e. The van der Waals surface area contributed by atoms with E-state index in [2.05, 4.69) is 35.1 Å². The maximum absolute atomic E-state index is 9.19. The van der Waals surface area contributed by atoms with Crippen molar-refractivity contribution in [2.75, 3.05) is 19.7 Å². The highest BCUT2D eigenvalue weighted by Crippen LogP contribution is 2.33. The maximum Gasteiger partial charge on any atom is 0.122 e. The van der Waals surface area contributed by atoms with Crippen LogP contribution in [-0.4, -0.2) is 39.5 Å². The van der Waals surface area contributed by atoms with E-state index in [1.54, 1.807) is 6.20 Å². The molecule has 1 fully saturated rings. The summed E-state index contributed by atoms with van der Waals surface area (Å²) >= 11 is 0. The van der Waals surface area contributed by atoms with E-state index in [1.807, 2.05) is 10.9 Å². The Morgan fingerprint density at radius 3 is 2.92 bits per heavy atom. The second kappa shape index (κ2) is 6.57. The first-order chi connectivity index (χ1) is 11.7. The van der Waals surface area contributed by atoms with Crippen molar-refractivity contribution >= 4 is 0 Å². The Labute approximate surface area is 142 Å². The van der Waals surface area contributed by atoms with Gasteiger partial charge in [-0.15, -0.1) is 0 Å². The third-order valence-corrected chi connectivity index (χ3v) is 5.46. The fraction of sp³-hybridized carbons (Fsp3) is 0.526. The van der Waals surface area contributed by atoms with Crippen LogP contribution in [0.15, 0.2) is 30.6 Å². The van der Waals surface area contributed by atoms with Gasteiger partial charge < -0.3 is 9.84 Å². The number of aliphatic hydroxyl groups excluding tert-OH is 1. The second-order valence-corrected chi connectivity index (χ2v) is 6.90. The van der Waals surface area contributed by atoms with Gasteiger partial charge in [0.15, 0.2) is 0 Å². The first-order valence-corrected chi connectivity index (χ1v) is 8.88. The molecular weight excluding hydrogens is 302 g/mol. The molecule has 1 N–H and O–H groups in total. The second-order valence-electron chi connectivity index (χ2n) is 6.90. The number of fused-ring (bicyclic) bond motifs is 1. The highest BCUT2D eigenvalue weighted by atomic mass is 16.5. The standard InChI is InChI=1S/C19H25N3O2/c1-14(17-3-2-16-6-9-24-19(16)10-17)21-7-4-18(5-8-21)22-12-15(13-23)11-20-22/h2-3,10-12,14,18,23H,4-9,13H2,1H3/t14-/m1/s1. The summed E-state index contributed by atoms with van der Waals surface area (Å²) in [6.45, 7) is 5.31. The summed E-state index contributed by atoms with van der Waals surface area (Å²) in [5.74, 6) is 1.07. The SMILES string of the molecule is C[C@H](c1ccc2c(c1)OCC2)N1CCC(n2cc(CO)cn2)CC1. The first-order valence-electron chi connectivity index (χ1n) is 8.88. The number of benzene rings is 1. The van der Waals surface area contributed by atoms with Gasteiger partial charge in [-0.25, -0.2) is 0 Å². The number of rotatable bonds is 4. The van der Waals surface area contributed by atoms with E-state index >= 15 is 0 Å². The monoisotopic (exact) mass is 327 g/mol. The van der Waals surface area contributed by atoms with Crippen LogP contribution < -0.4 is 4.74 Å². The molecule has 2 aliphatic rings. The zero-order valence-corrected chi connectivity index (χ0v) is 14.2. The molecule has 1 atom stereocenters. The zero-order valence-electron chi connectivity index (χ0n) is 14.2. The lowest BCUT2D eigenvalue weighted by atomic mass is 9.99. The van der Waals surface area contributed by atoms with E-state index in [0.29, 0.717) is 12.1 Å². The van der Waals surface area contributed by atoms with Crippen molar-refractivity contribution in [3.8, 4) is 5.75 Å². The van der Waals surface area contributed by atoms with Crippen molar-refractivity contribution in [3.05, 3.63) is 47.3 Å². The molecule has 5 nitrogen and oxygen atoms in total. The molecule has 0 unspecified atom stereocenters. The summed E-state index contributed by atoms with van der Waals surface area (Å²) in [5.41, 5.74) is 3.57. The number of hydrogen-bond acceptors (Lipinski definition) is 4. The van der Waals surface area contributed by atoms with Crippen LogP contribution in [0.25, 0.3) is 0 Å². The normalized spacial score (nSPS) is 19.9. The van der Waals surface area contributed by atoms with Gasteiger partial charge in [0.2, 0.25) is 0 Å². The van der Waals surface area contributed by atoms with Crippen molar-refractivity contribution < 1.29 is 9.84 Å². The predicted octanol–water partition coefficient (Wildman–Crippen LogP) is 2.71. The zero-order chi connectivity index (χ0) is 16.5. The summed E-state index contributed by atoms with van der Waals surface area (Å²) in [6, 6.07) is 7.55. The van der Waals surface area contributed by atoms with Crippen LogP contribution in [0.1, 0.15) is 48.5 Å². The Morgan fingerprint density at radius 2 is 2.17 bits per heavy atom. The van der Waals surface area contributed by atoms with Crippen LogP contribution in [0.2, 0.25) is 0 Å². The van der Waals surface area contributed by atoms with Crippen LogP contribution in [0.4, 0.5) is 0 Å². The van der Waals surface area contributed by atoms with Crippen LogP contribution in [0.5, 0.6) is 5.75 Å². The van der Waals surface area contributed by atoms with Crippen LogP contribution in [0, 0.1) is 0 Å². The van der Waals surface area contributed by atoms with Crippen molar-refractivity contribution in [1.29, 1.82) is 0 Å². The quantitative estimate of drug-likeness (QED) is 0.938. The molecule has 0 aliphatic carbocycles. The molecule has 0 bridgehead atoms. The molecule has 2 aliphatic heterocycles. The fourth-order valence-corrected chi connectivity index (χ4v) is 3.85. The number of hydrogen-bond donors (Lipinski definition) is 1. The minimum atomic E-state index is 0.0658. The molecule has 0 amide bonds. The Bertz CT molecular complexity index is 704. The van der Waals surface area contributed by atoms with Gasteiger partial charge in [0.05, 0.1) is 25.5 Å². The van der Waals surface area contributed by atoms with Crippen molar-refractivity contribution in [3.63, 3.8) is 0 Å². The predicted molar refractivity (Wildman–Crippen MR) is 92.0 cm³/mol. The summed E-state index contributed by atoms with van der Waals surface area (Å²) in [7, 11) is 0. The molecule has 2 aromatic rings. The van der Waals surface area contributed by atoms with Gasteiger partial charge in [-0.2, -0.15) is 5.10 Å². The average molecular weight is 327 g/mol. The van der Waals surface area contributed by atoms with E-state index in [9.17, 15) is 5.11 Å². The van der Waals surface area contributed by atoms with Crippen LogP contribution in [0.3, 0.4) is 0 Å². The number of ether oxygens (including phenoxy) is 1. The van der Waals surface area contributed by atoms with Gasteiger partial charge in [-0.3, -0.25) is 9.58 Å². The number of aliphatic hydroxyl groups is 1. The highest BCUT2D eigenvalue weighted by Gasteiger charge is 2.25. The Hall–Kier alpha value is -1.85. The molecule has 24 heavy (non-hydrogen) atoms. The van der Waals surface area contributed by atoms with Crippen LogP contribution >= 0.6 is 0 Å². The number of aromatic nitrogens is 2. The van der Waals surface area contributed by atoms with Crippen LogP contribution in [-0.2, 0) is 13.0 Å². The van der Waals surface area contributed by atoms with Crippen molar-refractivity contribution in [2.45, 2.75) is 44.9 Å². The minimum absolute atomic E-state index is 0.0658. The van der Waals surface area contributed by atoms with Crippen molar-refractivity contribution in [1.82, 2.24) is 14.7 Å². The van der Waals surface area contributed by atoms with Gasteiger partial charge in [0.25, 0.3) is 0 Å². The van der Waals surface area contributed by atoms with Crippen molar-refractivity contribution in [2.24, 2.45) is 0 Å². The lowest BCUT2D eigenvalue weighted by Crippen LogP contribution is -2.36. The average Bonchev–Trinajstić information content (AvgIpc) is 3.29. The number of likely N-dealkylation sites (tertiary alicyclic amines) is 1. The van der Waals surface area contributed by atoms with E-state index in [1.165, 1.54) is 11.1 Å². The summed E-state index contributed by atoms with van der Waals surface area (Å²) in [6.07, 6.45) is 6.97. The molecule has 0 radical (unpaired) electrons. The molecule has 0 saturated carbocycles. The molecule has 4 rings (SSSR count). The third-order valence-electron chi connectivity index (χ3n) is 5.46. The maximum atomic E-state index is 9.19. The lowest BCUT2D eigenvalue weighted by Gasteiger charge is -2.36. The molecule has 1 saturated heterocycles. The molecule has 1 aromatic heterocycles. The minimum Gasteiger partial charge on any atom is -0.493 e. The summed E-state index contributed by atoms with van der Waals surface area (Å²) in [5, 5.41) is 13.6. The lowest BCUT2D eigenvalue weighted by molar-refractivity contribution is 0.138. The van der Waals surface area contributed by atoms with Gasteiger partial charge >= 0.3 is 0 Å². The molecule has 3 heterocycles. The first kappa shape index (κ1) is 15.7. The third kappa shape index (κ3) is 2.94. The Balaban J connectivity index is 1.40. The van der Waals surface area contributed by atoms with E-state index in [0.717, 1.165) is 50.3 Å².